The van der Waals surface area contributed by atoms with Crippen molar-refractivity contribution >= 4 is 17.7 Å². The Morgan fingerprint density at radius 1 is 1.25 bits per heavy atom. The van der Waals surface area contributed by atoms with Crippen molar-refractivity contribution in [1.82, 2.24) is 15.3 Å². The van der Waals surface area contributed by atoms with Gasteiger partial charge in [0.1, 0.15) is 5.82 Å². The van der Waals surface area contributed by atoms with Crippen molar-refractivity contribution in [2.24, 2.45) is 0 Å². The highest BCUT2D eigenvalue weighted by atomic mass is 19.1. The van der Waals surface area contributed by atoms with Gasteiger partial charge in [0.05, 0.1) is 24.8 Å². The van der Waals surface area contributed by atoms with E-state index in [9.17, 15) is 13.6 Å². The summed E-state index contributed by atoms with van der Waals surface area (Å²) in [6.45, 7) is 0.890. The van der Waals surface area contributed by atoms with Crippen LogP contribution in [0.4, 0.5) is 20.5 Å². The van der Waals surface area contributed by atoms with Crippen LogP contribution in [0.2, 0.25) is 0 Å². The fraction of sp³-hybridized carbons (Fsp3) is 0.389. The Hall–Kier alpha value is -3.01. The lowest BCUT2D eigenvalue weighted by Gasteiger charge is -2.19. The minimum Gasteiger partial charge on any atom is -0.491 e. The third-order valence-electron chi connectivity index (χ3n) is 4.57. The van der Waals surface area contributed by atoms with Crippen LogP contribution in [0, 0.1) is 11.6 Å². The zero-order chi connectivity index (χ0) is 20.3. The number of anilines is 2. The minimum atomic E-state index is -1.04. The summed E-state index contributed by atoms with van der Waals surface area (Å²) >= 11 is 0. The van der Waals surface area contributed by atoms with E-state index in [4.69, 9.17) is 9.47 Å². The number of hydrogen-bond acceptors (Lipinski definition) is 7. The quantitative estimate of drug-likeness (QED) is 0.768. The molecule has 1 fully saturated rings. The third-order valence-corrected chi connectivity index (χ3v) is 4.57. The smallest absolute Gasteiger partial charge is 0.254 e. The molecule has 2 atom stereocenters. The van der Waals surface area contributed by atoms with Crippen molar-refractivity contribution in [3.05, 3.63) is 41.6 Å². The van der Waals surface area contributed by atoms with Crippen LogP contribution < -0.4 is 20.3 Å². The zero-order valence-corrected chi connectivity index (χ0v) is 15.7. The number of carbonyl (C=O) groups is 1. The number of nitrogens with one attached hydrogen (secondary N) is 2. The summed E-state index contributed by atoms with van der Waals surface area (Å²) in [5.74, 6) is -2.04. The summed E-state index contributed by atoms with van der Waals surface area (Å²) in [7, 11) is 4.39. The standard InChI is InChI=1S/C18H21F2N5O3/c1-21-18-22-7-6-14(24-18)25-8-12(13(9-25)27-2)23-17(26)10-4-5-11(19)16(28-3)15(10)20/h4-7,12-13H,8-9H2,1-3H3,(H,23,26)(H,21,22,24)/t12-,13+/m1/s1. The van der Waals surface area contributed by atoms with Crippen LogP contribution in [0.3, 0.4) is 0 Å². The number of aromatic nitrogens is 2. The normalized spacial score (nSPS) is 18.8. The van der Waals surface area contributed by atoms with Gasteiger partial charge >= 0.3 is 0 Å². The Morgan fingerprint density at radius 2 is 2.04 bits per heavy atom. The van der Waals surface area contributed by atoms with E-state index in [0.29, 0.717) is 24.9 Å². The van der Waals surface area contributed by atoms with E-state index in [1.807, 2.05) is 4.90 Å². The maximum atomic E-state index is 14.4. The summed E-state index contributed by atoms with van der Waals surface area (Å²) in [5.41, 5.74) is -0.300. The Labute approximate surface area is 160 Å². The van der Waals surface area contributed by atoms with E-state index < -0.39 is 29.3 Å². The molecule has 2 aromatic rings. The third kappa shape index (κ3) is 3.81. The first-order chi connectivity index (χ1) is 13.5. The van der Waals surface area contributed by atoms with Crippen LogP contribution in [0.1, 0.15) is 10.4 Å². The molecule has 1 aromatic heterocycles. The molecule has 1 amide bonds. The maximum Gasteiger partial charge on any atom is 0.254 e. The lowest BCUT2D eigenvalue weighted by Crippen LogP contribution is -2.43. The largest absolute Gasteiger partial charge is 0.491 e. The molecule has 0 spiro atoms. The van der Waals surface area contributed by atoms with E-state index in [-0.39, 0.29) is 11.7 Å². The second-order valence-corrected chi connectivity index (χ2v) is 6.19. The number of carbonyl (C=O) groups excluding carboxylic acids is 1. The molecule has 2 N–H and O–H groups in total. The van der Waals surface area contributed by atoms with E-state index in [0.717, 1.165) is 19.2 Å². The van der Waals surface area contributed by atoms with Crippen LogP contribution >= 0.6 is 0 Å². The molecule has 2 heterocycles. The molecule has 0 radical (unpaired) electrons. The van der Waals surface area contributed by atoms with Crippen molar-refractivity contribution < 1.29 is 23.0 Å². The number of nitrogens with zero attached hydrogens (tertiary/aromatic N) is 3. The Morgan fingerprint density at radius 3 is 2.71 bits per heavy atom. The molecule has 1 aliphatic heterocycles. The summed E-state index contributed by atoms with van der Waals surface area (Å²) < 4.78 is 38.1. The molecule has 3 rings (SSSR count). The number of hydrogen-bond donors (Lipinski definition) is 2. The SMILES string of the molecule is CNc1nccc(N2C[C@H](OC)[C@H](NC(=O)c3ccc(F)c(OC)c3F)C2)n1. The van der Waals surface area contributed by atoms with Crippen molar-refractivity contribution in [3.63, 3.8) is 0 Å². The van der Waals surface area contributed by atoms with E-state index >= 15 is 0 Å². The van der Waals surface area contributed by atoms with Crippen LogP contribution in [0.25, 0.3) is 0 Å². The topological polar surface area (TPSA) is 88.6 Å². The van der Waals surface area contributed by atoms with Crippen molar-refractivity contribution in [2.75, 3.05) is 44.6 Å². The highest BCUT2D eigenvalue weighted by Gasteiger charge is 2.35. The zero-order valence-electron chi connectivity index (χ0n) is 15.7. The molecule has 150 valence electrons. The molecular formula is C18H21F2N5O3. The minimum absolute atomic E-state index is 0.300. The van der Waals surface area contributed by atoms with Gasteiger partial charge < -0.3 is 25.0 Å². The molecule has 0 bridgehead atoms. The number of amides is 1. The van der Waals surface area contributed by atoms with Crippen molar-refractivity contribution in [3.8, 4) is 5.75 Å². The highest BCUT2D eigenvalue weighted by molar-refractivity contribution is 5.95. The predicted octanol–water partition coefficient (Wildman–Crippen LogP) is 1.44. The molecular weight excluding hydrogens is 372 g/mol. The summed E-state index contributed by atoms with van der Waals surface area (Å²) in [6, 6.07) is 3.41. The molecule has 1 aromatic carbocycles. The van der Waals surface area contributed by atoms with Crippen molar-refractivity contribution in [2.45, 2.75) is 12.1 Å². The van der Waals surface area contributed by atoms with Crippen LogP contribution in [-0.4, -0.2) is 62.4 Å². The van der Waals surface area contributed by atoms with Gasteiger partial charge in [0.2, 0.25) is 5.95 Å². The van der Waals surface area contributed by atoms with Gasteiger partial charge in [-0.3, -0.25) is 4.79 Å². The Balaban J connectivity index is 1.77. The van der Waals surface area contributed by atoms with E-state index in [1.165, 1.54) is 7.11 Å². The van der Waals surface area contributed by atoms with Crippen LogP contribution in [0.5, 0.6) is 5.75 Å². The first-order valence-corrected chi connectivity index (χ1v) is 8.59. The first-order valence-electron chi connectivity index (χ1n) is 8.59. The van der Waals surface area contributed by atoms with Crippen LogP contribution in [-0.2, 0) is 4.74 Å². The van der Waals surface area contributed by atoms with Gasteiger partial charge in [0.15, 0.2) is 17.4 Å². The average Bonchev–Trinajstić information content (AvgIpc) is 3.11. The number of ether oxygens (including phenoxy) is 2. The van der Waals surface area contributed by atoms with Gasteiger partial charge in [0.25, 0.3) is 5.91 Å². The predicted molar refractivity (Wildman–Crippen MR) is 98.8 cm³/mol. The van der Waals surface area contributed by atoms with Gasteiger partial charge in [-0.05, 0) is 18.2 Å². The second kappa shape index (κ2) is 8.34. The molecule has 1 saturated heterocycles. The fourth-order valence-electron chi connectivity index (χ4n) is 3.13. The van der Waals surface area contributed by atoms with Gasteiger partial charge in [-0.25, -0.2) is 13.8 Å². The lowest BCUT2D eigenvalue weighted by molar-refractivity contribution is 0.0778. The molecule has 0 aliphatic carbocycles. The van der Waals surface area contributed by atoms with E-state index in [1.54, 1.807) is 19.3 Å². The van der Waals surface area contributed by atoms with Gasteiger partial charge in [-0.15, -0.1) is 0 Å². The summed E-state index contributed by atoms with van der Waals surface area (Å²) in [4.78, 5) is 23.0. The van der Waals surface area contributed by atoms with E-state index in [2.05, 4.69) is 20.6 Å². The maximum absolute atomic E-state index is 14.4. The fourth-order valence-corrected chi connectivity index (χ4v) is 3.13. The van der Waals surface area contributed by atoms with Gasteiger partial charge in [-0.1, -0.05) is 0 Å². The molecule has 1 aliphatic rings. The molecule has 0 saturated carbocycles. The monoisotopic (exact) mass is 393 g/mol. The number of benzene rings is 1. The van der Waals surface area contributed by atoms with Crippen LogP contribution in [0.15, 0.2) is 24.4 Å². The number of rotatable bonds is 6. The van der Waals surface area contributed by atoms with Gasteiger partial charge in [-0.2, -0.15) is 4.98 Å². The number of methoxy groups -OCH3 is 2. The molecule has 8 nitrogen and oxygen atoms in total. The van der Waals surface area contributed by atoms with Gasteiger partial charge in [0, 0.05) is 33.4 Å². The first kappa shape index (κ1) is 19.7. The summed E-state index contributed by atoms with van der Waals surface area (Å²) in [6.07, 6.45) is 1.30. The summed E-state index contributed by atoms with van der Waals surface area (Å²) in [5, 5.41) is 5.62. The second-order valence-electron chi connectivity index (χ2n) is 6.19. The number of halogens is 2. The lowest BCUT2D eigenvalue weighted by atomic mass is 10.1. The molecule has 10 heteroatoms. The average molecular weight is 393 g/mol. The highest BCUT2D eigenvalue weighted by Crippen LogP contribution is 2.25. The van der Waals surface area contributed by atoms with Crippen molar-refractivity contribution in [1.29, 1.82) is 0 Å². The Bertz CT molecular complexity index is 867. The Kier molecular flexibility index (Phi) is 5.88. The molecule has 28 heavy (non-hydrogen) atoms. The molecule has 0 unspecified atom stereocenters.